The second kappa shape index (κ2) is 6.78. The molecule has 0 unspecified atom stereocenters. The Hall–Kier alpha value is -1.50. The average Bonchev–Trinajstić information content (AvgIpc) is 2.26. The van der Waals surface area contributed by atoms with Gasteiger partial charge >= 0.3 is 0 Å². The van der Waals surface area contributed by atoms with E-state index >= 15 is 0 Å². The van der Waals surface area contributed by atoms with Crippen molar-refractivity contribution in [1.82, 2.24) is 0 Å². The largest absolute Gasteiger partial charge is 0.222 e. The second-order valence-corrected chi connectivity index (χ2v) is 5.12. The highest BCUT2D eigenvalue weighted by Crippen LogP contribution is 2.06. The van der Waals surface area contributed by atoms with Crippen LogP contribution in [0.2, 0.25) is 0 Å². The highest BCUT2D eigenvalue weighted by atomic mass is 35.7. The van der Waals surface area contributed by atoms with Gasteiger partial charge in [-0.05, 0) is 12.5 Å². The fourth-order valence-corrected chi connectivity index (χ4v) is 2.09. The van der Waals surface area contributed by atoms with Gasteiger partial charge in [0.25, 0.3) is 0 Å². The fourth-order valence-electron chi connectivity index (χ4n) is 2.09. The van der Waals surface area contributed by atoms with Crippen LogP contribution in [0.3, 0.4) is 0 Å². The Balaban J connectivity index is 0.000000347. The van der Waals surface area contributed by atoms with Crippen LogP contribution in [0, 0.1) is 31.0 Å². The quantitative estimate of drug-likeness (QED) is 0.576. The number of benzene rings is 1. The van der Waals surface area contributed by atoms with Crippen molar-refractivity contribution in [3.05, 3.63) is 59.4 Å². The maximum atomic E-state index is 8.49. The SMILES string of the molecule is Cc1cc(C)[n+](-c2ccccc2)c(C)c1.[O-][Cl+3]([O-])([O-])[O-]. The highest BCUT2D eigenvalue weighted by Gasteiger charge is 2.13. The summed E-state index contributed by atoms with van der Waals surface area (Å²) in [6, 6.07) is 14.9. The molecule has 0 aliphatic rings. The maximum absolute atomic E-state index is 8.49. The molecule has 108 valence electrons. The molecule has 2 rings (SSSR count). The van der Waals surface area contributed by atoms with E-state index in [0.29, 0.717) is 0 Å². The van der Waals surface area contributed by atoms with Gasteiger partial charge in [0.05, 0.1) is 0 Å². The van der Waals surface area contributed by atoms with Gasteiger partial charge in [0.2, 0.25) is 5.69 Å². The standard InChI is InChI=1S/C14H16N.ClHO4/c1-11-9-12(2)15(13(3)10-11)14-7-5-4-6-8-14;2-1(3,4)5/h4-10H,1-3H3;(H,2,3,4,5)/q+1;/p-1. The molecule has 5 nitrogen and oxygen atoms in total. The van der Waals surface area contributed by atoms with Crippen LogP contribution in [-0.4, -0.2) is 0 Å². The van der Waals surface area contributed by atoms with Crippen LogP contribution < -0.4 is 23.2 Å². The van der Waals surface area contributed by atoms with Gasteiger partial charge in [0, 0.05) is 38.1 Å². The molecule has 0 N–H and O–H groups in total. The van der Waals surface area contributed by atoms with Crippen LogP contribution in [0.1, 0.15) is 17.0 Å². The molecule has 20 heavy (non-hydrogen) atoms. The lowest BCUT2D eigenvalue weighted by Gasteiger charge is -2.17. The zero-order valence-electron chi connectivity index (χ0n) is 11.5. The van der Waals surface area contributed by atoms with E-state index in [0.717, 1.165) is 0 Å². The second-order valence-electron chi connectivity index (χ2n) is 4.36. The molecular weight excluding hydrogens is 282 g/mol. The lowest BCUT2D eigenvalue weighted by atomic mass is 10.2. The third-order valence-electron chi connectivity index (χ3n) is 2.59. The number of hydrogen-bond acceptors (Lipinski definition) is 4. The Labute approximate surface area is 120 Å². The summed E-state index contributed by atoms with van der Waals surface area (Å²) in [7, 11) is -4.94. The minimum absolute atomic E-state index is 1.23. The van der Waals surface area contributed by atoms with Gasteiger partial charge in [-0.15, -0.1) is 10.2 Å². The summed E-state index contributed by atoms with van der Waals surface area (Å²) in [5, 5.41) is 0. The molecule has 0 radical (unpaired) electrons. The fraction of sp³-hybridized carbons (Fsp3) is 0.214. The van der Waals surface area contributed by atoms with E-state index in [2.05, 4.69) is 61.7 Å². The van der Waals surface area contributed by atoms with E-state index in [-0.39, 0.29) is 0 Å². The third kappa shape index (κ3) is 5.64. The number of nitrogens with zero attached hydrogens (tertiary/aromatic N) is 1. The van der Waals surface area contributed by atoms with Crippen LogP contribution in [-0.2, 0) is 0 Å². The Kier molecular flexibility index (Phi) is 5.62. The van der Waals surface area contributed by atoms with Crippen LogP contribution in [0.5, 0.6) is 0 Å². The third-order valence-corrected chi connectivity index (χ3v) is 2.59. The predicted molar refractivity (Wildman–Crippen MR) is 62.2 cm³/mol. The molecule has 0 atom stereocenters. The molecule has 1 aromatic heterocycles. The van der Waals surface area contributed by atoms with Gasteiger partial charge in [-0.2, -0.15) is 4.57 Å². The molecule has 0 fully saturated rings. The molecule has 0 saturated carbocycles. The maximum Gasteiger partial charge on any atom is 0.211 e. The average molecular weight is 298 g/mol. The number of aromatic nitrogens is 1. The van der Waals surface area contributed by atoms with E-state index in [1.165, 1.54) is 22.6 Å². The molecule has 0 spiro atoms. The monoisotopic (exact) mass is 297 g/mol. The number of pyridine rings is 1. The predicted octanol–water partition coefficient (Wildman–Crippen LogP) is -1.87. The normalized spacial score (nSPS) is 10.8. The molecule has 0 amide bonds. The summed E-state index contributed by atoms with van der Waals surface area (Å²) >= 11 is 0. The zero-order chi connectivity index (χ0) is 15.3. The van der Waals surface area contributed by atoms with Crippen molar-refractivity contribution in [2.45, 2.75) is 20.8 Å². The lowest BCUT2D eigenvalue weighted by Crippen LogP contribution is -2.68. The first kappa shape index (κ1) is 16.6. The zero-order valence-corrected chi connectivity index (χ0v) is 12.3. The number of halogens is 1. The summed E-state index contributed by atoms with van der Waals surface area (Å²) in [5.41, 5.74) is 5.10. The molecule has 0 saturated heterocycles. The first-order valence-electron chi connectivity index (χ1n) is 5.85. The summed E-state index contributed by atoms with van der Waals surface area (Å²) in [4.78, 5) is 0. The molecule has 6 heteroatoms. The Bertz CT molecular complexity index is 538. The van der Waals surface area contributed by atoms with Crippen molar-refractivity contribution in [2.75, 3.05) is 0 Å². The molecule has 2 aromatic rings. The van der Waals surface area contributed by atoms with Crippen LogP contribution in [0.4, 0.5) is 0 Å². The van der Waals surface area contributed by atoms with E-state index in [9.17, 15) is 0 Å². The van der Waals surface area contributed by atoms with Crippen molar-refractivity contribution in [1.29, 1.82) is 0 Å². The first-order chi connectivity index (χ1) is 9.18. The minimum atomic E-state index is -4.94. The van der Waals surface area contributed by atoms with Gasteiger partial charge in [0.15, 0.2) is 11.4 Å². The Morgan fingerprint density at radius 2 is 1.20 bits per heavy atom. The Morgan fingerprint density at radius 3 is 1.60 bits per heavy atom. The number of hydrogen-bond donors (Lipinski definition) is 0. The first-order valence-corrected chi connectivity index (χ1v) is 7.09. The molecule has 0 aliphatic heterocycles. The van der Waals surface area contributed by atoms with Crippen molar-refractivity contribution < 1.29 is 33.4 Å². The van der Waals surface area contributed by atoms with E-state index in [4.69, 9.17) is 18.6 Å². The summed E-state index contributed by atoms with van der Waals surface area (Å²) in [5.74, 6) is 0. The number of rotatable bonds is 1. The summed E-state index contributed by atoms with van der Waals surface area (Å²) < 4.78 is 36.2. The minimum Gasteiger partial charge on any atom is -0.222 e. The van der Waals surface area contributed by atoms with Gasteiger partial charge < -0.3 is 0 Å². The number of para-hydroxylation sites is 1. The van der Waals surface area contributed by atoms with E-state index in [1.54, 1.807) is 0 Å². The van der Waals surface area contributed by atoms with Crippen LogP contribution in [0.15, 0.2) is 42.5 Å². The van der Waals surface area contributed by atoms with Crippen molar-refractivity contribution in [2.24, 2.45) is 0 Å². The van der Waals surface area contributed by atoms with Crippen molar-refractivity contribution in [3.8, 4) is 5.69 Å². The molecule has 0 aliphatic carbocycles. The van der Waals surface area contributed by atoms with E-state index < -0.39 is 10.2 Å². The molecule has 1 heterocycles. The Morgan fingerprint density at radius 1 is 0.800 bits per heavy atom. The van der Waals surface area contributed by atoms with Crippen LogP contribution in [0.25, 0.3) is 5.69 Å². The van der Waals surface area contributed by atoms with Crippen molar-refractivity contribution in [3.63, 3.8) is 0 Å². The molecule has 0 bridgehead atoms. The topological polar surface area (TPSA) is 96.1 Å². The summed E-state index contributed by atoms with van der Waals surface area (Å²) in [6.45, 7) is 6.43. The van der Waals surface area contributed by atoms with Gasteiger partial charge in [-0.1, -0.05) is 18.2 Å². The molecular formula is C14H16ClNO4. The molecule has 1 aromatic carbocycles. The number of aryl methyl sites for hydroxylation is 3. The van der Waals surface area contributed by atoms with Crippen LogP contribution >= 0.6 is 0 Å². The van der Waals surface area contributed by atoms with E-state index in [1.807, 2.05) is 6.07 Å². The van der Waals surface area contributed by atoms with Crippen molar-refractivity contribution >= 4 is 0 Å². The smallest absolute Gasteiger partial charge is 0.211 e. The lowest BCUT2D eigenvalue weighted by molar-refractivity contribution is -2.00. The van der Waals surface area contributed by atoms with Gasteiger partial charge in [-0.3, -0.25) is 0 Å². The highest BCUT2D eigenvalue weighted by molar-refractivity contribution is 5.24. The van der Waals surface area contributed by atoms with Gasteiger partial charge in [0.1, 0.15) is 0 Å². The van der Waals surface area contributed by atoms with Gasteiger partial charge in [-0.25, -0.2) is 18.6 Å². The summed E-state index contributed by atoms with van der Waals surface area (Å²) in [6.07, 6.45) is 0.